The number of amides is 1. The summed E-state index contributed by atoms with van der Waals surface area (Å²) in [6.45, 7) is 7.02. The molecular formula is C12H23N3O3. The molecule has 2 unspecified atom stereocenters. The number of hydrogen-bond acceptors (Lipinski definition) is 5. The molecule has 2 heterocycles. The molecule has 0 aromatic rings. The Bertz CT molecular complexity index is 288. The van der Waals surface area contributed by atoms with Crippen LogP contribution < -0.4 is 5.32 Å². The molecule has 6 nitrogen and oxygen atoms in total. The maximum absolute atomic E-state index is 11.7. The third-order valence-corrected chi connectivity index (χ3v) is 3.51. The molecule has 0 aromatic heterocycles. The Morgan fingerprint density at radius 2 is 2.28 bits per heavy atom. The molecule has 2 N–H and O–H groups in total. The Hall–Kier alpha value is -0.850. The molecule has 6 heteroatoms. The van der Waals surface area contributed by atoms with Crippen LogP contribution >= 0.6 is 0 Å². The van der Waals surface area contributed by atoms with E-state index < -0.39 is 0 Å². The fourth-order valence-corrected chi connectivity index (χ4v) is 2.62. The van der Waals surface area contributed by atoms with Crippen LogP contribution in [0.4, 0.5) is 4.79 Å². The highest BCUT2D eigenvalue weighted by Crippen LogP contribution is 2.11. The van der Waals surface area contributed by atoms with E-state index in [1.807, 2.05) is 6.92 Å². The third-order valence-electron chi connectivity index (χ3n) is 3.51. The summed E-state index contributed by atoms with van der Waals surface area (Å²) < 4.78 is 5.02. The smallest absolute Gasteiger partial charge is 0.409 e. The Kier molecular flexibility index (Phi) is 4.79. The van der Waals surface area contributed by atoms with Crippen LogP contribution in [0.3, 0.4) is 0 Å². The molecule has 0 bridgehead atoms. The Morgan fingerprint density at radius 1 is 1.44 bits per heavy atom. The number of aliphatic hydroxyl groups excluding tert-OH is 1. The molecule has 2 aliphatic rings. The van der Waals surface area contributed by atoms with Crippen LogP contribution in [0.1, 0.15) is 13.3 Å². The van der Waals surface area contributed by atoms with Gasteiger partial charge in [0, 0.05) is 45.3 Å². The quantitative estimate of drug-likeness (QED) is 0.712. The van der Waals surface area contributed by atoms with Crippen molar-refractivity contribution in [2.24, 2.45) is 0 Å². The number of β-amino-alcohol motifs (C(OH)–C–C–N with tert-alkyl or cyclic N) is 1. The lowest BCUT2D eigenvalue weighted by Crippen LogP contribution is -2.56. The second-order valence-corrected chi connectivity index (χ2v) is 5.00. The van der Waals surface area contributed by atoms with E-state index in [1.54, 1.807) is 4.90 Å². The number of likely N-dealkylation sites (tertiary alicyclic amines) is 1. The van der Waals surface area contributed by atoms with Crippen molar-refractivity contribution < 1.29 is 14.6 Å². The van der Waals surface area contributed by atoms with Crippen molar-refractivity contribution in [3.8, 4) is 0 Å². The number of carbonyl (C=O) groups excluding carboxylic acids is 1. The molecule has 2 aliphatic heterocycles. The van der Waals surface area contributed by atoms with Crippen molar-refractivity contribution in [2.75, 3.05) is 45.9 Å². The van der Waals surface area contributed by atoms with E-state index in [2.05, 4.69) is 10.2 Å². The van der Waals surface area contributed by atoms with Crippen LogP contribution in [-0.2, 0) is 4.74 Å². The lowest BCUT2D eigenvalue weighted by molar-refractivity contribution is 0.0895. The summed E-state index contributed by atoms with van der Waals surface area (Å²) in [5.74, 6) is 0. The first-order valence-electron chi connectivity index (χ1n) is 6.74. The maximum atomic E-state index is 11.7. The largest absolute Gasteiger partial charge is 0.450 e. The number of rotatable bonds is 3. The monoisotopic (exact) mass is 257 g/mol. The van der Waals surface area contributed by atoms with E-state index in [4.69, 9.17) is 4.74 Å². The van der Waals surface area contributed by atoms with Gasteiger partial charge in [-0.25, -0.2) is 4.79 Å². The van der Waals surface area contributed by atoms with Crippen LogP contribution in [0.5, 0.6) is 0 Å². The van der Waals surface area contributed by atoms with Crippen LogP contribution in [0.25, 0.3) is 0 Å². The fraction of sp³-hybridized carbons (Fsp3) is 0.917. The normalized spacial score (nSPS) is 29.6. The summed E-state index contributed by atoms with van der Waals surface area (Å²) in [4.78, 5) is 15.7. The zero-order chi connectivity index (χ0) is 13.0. The molecule has 0 saturated carbocycles. The summed E-state index contributed by atoms with van der Waals surface area (Å²) in [5.41, 5.74) is 0. The molecule has 0 spiro atoms. The molecule has 2 fully saturated rings. The van der Waals surface area contributed by atoms with Gasteiger partial charge in [0.25, 0.3) is 0 Å². The molecule has 2 saturated heterocycles. The van der Waals surface area contributed by atoms with Gasteiger partial charge in [-0.1, -0.05) is 0 Å². The fourth-order valence-electron chi connectivity index (χ4n) is 2.62. The Morgan fingerprint density at radius 3 is 2.94 bits per heavy atom. The lowest BCUT2D eigenvalue weighted by atomic mass is 10.2. The molecule has 2 rings (SSSR count). The standard InChI is InChI=1S/C12H23N3O3/c1-2-18-12(17)15-6-4-13-10(8-15)7-14-5-3-11(16)9-14/h10-11,13,16H,2-9H2,1H3. The third kappa shape index (κ3) is 3.57. The van der Waals surface area contributed by atoms with Crippen molar-refractivity contribution in [3.63, 3.8) is 0 Å². The van der Waals surface area contributed by atoms with Crippen molar-refractivity contribution in [1.29, 1.82) is 0 Å². The van der Waals surface area contributed by atoms with E-state index in [1.165, 1.54) is 0 Å². The summed E-state index contributed by atoms with van der Waals surface area (Å²) in [7, 11) is 0. The van der Waals surface area contributed by atoms with Crippen LogP contribution in [0, 0.1) is 0 Å². The predicted molar refractivity (Wildman–Crippen MR) is 67.4 cm³/mol. The number of carbonyl (C=O) groups is 1. The average molecular weight is 257 g/mol. The van der Waals surface area contributed by atoms with E-state index in [9.17, 15) is 9.90 Å². The molecule has 18 heavy (non-hydrogen) atoms. The van der Waals surface area contributed by atoms with E-state index in [-0.39, 0.29) is 18.2 Å². The maximum Gasteiger partial charge on any atom is 0.409 e. The van der Waals surface area contributed by atoms with Gasteiger partial charge in [0.15, 0.2) is 0 Å². The molecular weight excluding hydrogens is 234 g/mol. The summed E-state index contributed by atoms with van der Waals surface area (Å²) >= 11 is 0. The summed E-state index contributed by atoms with van der Waals surface area (Å²) in [5, 5.41) is 12.9. The van der Waals surface area contributed by atoms with Gasteiger partial charge in [-0.05, 0) is 13.3 Å². The first-order chi connectivity index (χ1) is 8.69. The van der Waals surface area contributed by atoms with Crippen molar-refractivity contribution >= 4 is 6.09 Å². The Balaban J connectivity index is 1.77. The van der Waals surface area contributed by atoms with Crippen molar-refractivity contribution in [2.45, 2.75) is 25.5 Å². The summed E-state index contributed by atoms with van der Waals surface area (Å²) in [6.07, 6.45) is 0.453. The Labute approximate surface area is 108 Å². The minimum atomic E-state index is -0.217. The van der Waals surface area contributed by atoms with Gasteiger partial charge in [-0.2, -0.15) is 0 Å². The van der Waals surface area contributed by atoms with Gasteiger partial charge < -0.3 is 20.1 Å². The topological polar surface area (TPSA) is 65.0 Å². The molecule has 2 atom stereocenters. The molecule has 0 aromatic carbocycles. The number of piperazine rings is 1. The van der Waals surface area contributed by atoms with Gasteiger partial charge in [0.05, 0.1) is 12.7 Å². The van der Waals surface area contributed by atoms with Crippen molar-refractivity contribution in [3.05, 3.63) is 0 Å². The SMILES string of the molecule is CCOC(=O)N1CCNC(CN2CCC(O)C2)C1. The number of ether oxygens (including phenoxy) is 1. The highest BCUT2D eigenvalue weighted by molar-refractivity contribution is 5.67. The molecule has 1 amide bonds. The van der Waals surface area contributed by atoms with Crippen LogP contribution in [0.15, 0.2) is 0 Å². The minimum Gasteiger partial charge on any atom is -0.450 e. The van der Waals surface area contributed by atoms with E-state index in [0.29, 0.717) is 19.7 Å². The minimum absolute atomic E-state index is 0.185. The van der Waals surface area contributed by atoms with E-state index in [0.717, 1.165) is 32.6 Å². The number of hydrogen-bond donors (Lipinski definition) is 2. The van der Waals surface area contributed by atoms with Gasteiger partial charge in [-0.15, -0.1) is 0 Å². The molecule has 0 aliphatic carbocycles. The zero-order valence-corrected chi connectivity index (χ0v) is 11.0. The summed E-state index contributed by atoms with van der Waals surface area (Å²) in [6, 6.07) is 0.272. The number of aliphatic hydroxyl groups is 1. The lowest BCUT2D eigenvalue weighted by Gasteiger charge is -2.34. The molecule has 0 radical (unpaired) electrons. The van der Waals surface area contributed by atoms with Crippen LogP contribution in [-0.4, -0.2) is 79.0 Å². The molecule has 104 valence electrons. The number of nitrogens with one attached hydrogen (secondary N) is 1. The van der Waals surface area contributed by atoms with Gasteiger partial charge in [0.2, 0.25) is 0 Å². The van der Waals surface area contributed by atoms with Crippen LogP contribution in [0.2, 0.25) is 0 Å². The average Bonchev–Trinajstić information content (AvgIpc) is 2.75. The second-order valence-electron chi connectivity index (χ2n) is 5.00. The van der Waals surface area contributed by atoms with Gasteiger partial charge >= 0.3 is 6.09 Å². The van der Waals surface area contributed by atoms with Gasteiger partial charge in [-0.3, -0.25) is 4.90 Å². The highest BCUT2D eigenvalue weighted by atomic mass is 16.6. The van der Waals surface area contributed by atoms with E-state index >= 15 is 0 Å². The number of nitrogens with zero attached hydrogens (tertiary/aromatic N) is 2. The highest BCUT2D eigenvalue weighted by Gasteiger charge is 2.28. The first kappa shape index (κ1) is 13.6. The second kappa shape index (κ2) is 6.36. The predicted octanol–water partition coefficient (Wildman–Crippen LogP) is -0.517. The zero-order valence-electron chi connectivity index (χ0n) is 11.0. The van der Waals surface area contributed by atoms with Crippen molar-refractivity contribution in [1.82, 2.24) is 15.1 Å². The van der Waals surface area contributed by atoms with Gasteiger partial charge in [0.1, 0.15) is 0 Å². The first-order valence-corrected chi connectivity index (χ1v) is 6.74.